The lowest BCUT2D eigenvalue weighted by Gasteiger charge is -2.09. The Balaban J connectivity index is 1.61. The zero-order valence-corrected chi connectivity index (χ0v) is 10.7. The van der Waals surface area contributed by atoms with Crippen molar-refractivity contribution < 1.29 is 0 Å². The smallest absolute Gasteiger partial charge is 0.0216 e. The van der Waals surface area contributed by atoms with E-state index in [-0.39, 0.29) is 0 Å². The molecule has 2 heteroatoms. The van der Waals surface area contributed by atoms with Gasteiger partial charge in [-0.3, -0.25) is 0 Å². The van der Waals surface area contributed by atoms with E-state index in [0.29, 0.717) is 0 Å². The highest BCUT2D eigenvalue weighted by Crippen LogP contribution is 2.41. The molecule has 1 nitrogen and oxygen atoms in total. The fourth-order valence-corrected chi connectivity index (χ4v) is 2.89. The molecule has 1 saturated carbocycles. The lowest BCUT2D eigenvalue weighted by molar-refractivity contribution is 0.689. The zero-order valence-electron chi connectivity index (χ0n) is 9.86. The van der Waals surface area contributed by atoms with Gasteiger partial charge in [0.15, 0.2) is 0 Å². The van der Waals surface area contributed by atoms with Crippen LogP contribution in [0.25, 0.3) is 0 Å². The van der Waals surface area contributed by atoms with E-state index in [9.17, 15) is 0 Å². The lowest BCUT2D eigenvalue weighted by atomic mass is 10.0. The first-order valence-electron chi connectivity index (χ1n) is 6.23. The average Bonchev–Trinajstić information content (AvgIpc) is 3.08. The van der Waals surface area contributed by atoms with Gasteiger partial charge in [0.2, 0.25) is 0 Å². The predicted molar refractivity (Wildman–Crippen MR) is 73.3 cm³/mol. The quantitative estimate of drug-likeness (QED) is 0.839. The number of rotatable bonds is 5. The first-order valence-corrected chi connectivity index (χ1v) is 7.17. The number of thiophene rings is 1. The molecule has 0 spiro atoms. The van der Waals surface area contributed by atoms with Crippen molar-refractivity contribution in [1.29, 1.82) is 0 Å². The van der Waals surface area contributed by atoms with Crippen LogP contribution in [0, 0.1) is 0 Å². The fourth-order valence-electron chi connectivity index (χ4n) is 2.22. The standard InChI is InChI=1S/C15H17NS/c1-2-4-15(13-5-6-13)14(3-1)10-16-9-12-7-8-17-11-12/h1-4,7-8,11,13,16H,5-6,9-10H2. The van der Waals surface area contributed by atoms with Crippen LogP contribution in [-0.2, 0) is 13.1 Å². The molecule has 1 aromatic carbocycles. The van der Waals surface area contributed by atoms with Crippen molar-refractivity contribution in [3.05, 3.63) is 57.8 Å². The molecule has 1 heterocycles. The normalized spacial score (nSPS) is 15.1. The van der Waals surface area contributed by atoms with Crippen molar-refractivity contribution in [2.24, 2.45) is 0 Å². The van der Waals surface area contributed by atoms with Crippen molar-refractivity contribution in [3.63, 3.8) is 0 Å². The summed E-state index contributed by atoms with van der Waals surface area (Å²) in [5.41, 5.74) is 4.43. The Kier molecular flexibility index (Phi) is 3.25. The van der Waals surface area contributed by atoms with E-state index < -0.39 is 0 Å². The van der Waals surface area contributed by atoms with Crippen molar-refractivity contribution in [1.82, 2.24) is 5.32 Å². The maximum atomic E-state index is 3.53. The molecular formula is C15H17NS. The van der Waals surface area contributed by atoms with Crippen LogP contribution in [-0.4, -0.2) is 0 Å². The molecule has 0 bridgehead atoms. The van der Waals surface area contributed by atoms with Gasteiger partial charge in [0, 0.05) is 13.1 Å². The maximum Gasteiger partial charge on any atom is 0.0216 e. The van der Waals surface area contributed by atoms with Gasteiger partial charge in [-0.25, -0.2) is 0 Å². The van der Waals surface area contributed by atoms with Crippen LogP contribution in [0.5, 0.6) is 0 Å². The number of nitrogens with one attached hydrogen (secondary N) is 1. The first kappa shape index (κ1) is 11.0. The average molecular weight is 243 g/mol. The molecule has 0 unspecified atom stereocenters. The molecule has 0 aliphatic heterocycles. The van der Waals surface area contributed by atoms with E-state index in [1.54, 1.807) is 16.9 Å². The largest absolute Gasteiger partial charge is 0.309 e. The van der Waals surface area contributed by atoms with Gasteiger partial charge in [-0.15, -0.1) is 0 Å². The minimum absolute atomic E-state index is 0.842. The summed E-state index contributed by atoms with van der Waals surface area (Å²) in [6.07, 6.45) is 2.75. The van der Waals surface area contributed by atoms with Crippen LogP contribution in [0.4, 0.5) is 0 Å². The highest BCUT2D eigenvalue weighted by Gasteiger charge is 2.25. The molecule has 1 aliphatic rings. The summed E-state index contributed by atoms with van der Waals surface area (Å²) in [7, 11) is 0. The molecular weight excluding hydrogens is 226 g/mol. The van der Waals surface area contributed by atoms with E-state index in [2.05, 4.69) is 46.4 Å². The van der Waals surface area contributed by atoms with Gasteiger partial charge in [-0.05, 0) is 52.3 Å². The molecule has 88 valence electrons. The molecule has 1 fully saturated rings. The topological polar surface area (TPSA) is 12.0 Å². The summed E-state index contributed by atoms with van der Waals surface area (Å²) in [6.45, 7) is 1.96. The van der Waals surface area contributed by atoms with Gasteiger partial charge < -0.3 is 5.32 Å². The molecule has 1 aromatic heterocycles. The summed E-state index contributed by atoms with van der Waals surface area (Å²) >= 11 is 1.76. The van der Waals surface area contributed by atoms with Gasteiger partial charge in [-0.1, -0.05) is 24.3 Å². The highest BCUT2D eigenvalue weighted by molar-refractivity contribution is 7.07. The molecule has 1 aliphatic carbocycles. The van der Waals surface area contributed by atoms with E-state index in [1.807, 2.05) is 0 Å². The second-order valence-corrected chi connectivity index (χ2v) is 5.49. The Hall–Kier alpha value is -1.12. The van der Waals surface area contributed by atoms with Crippen molar-refractivity contribution in [3.8, 4) is 0 Å². The van der Waals surface area contributed by atoms with Gasteiger partial charge in [0.1, 0.15) is 0 Å². The monoisotopic (exact) mass is 243 g/mol. The van der Waals surface area contributed by atoms with Crippen LogP contribution in [0.15, 0.2) is 41.1 Å². The van der Waals surface area contributed by atoms with Crippen molar-refractivity contribution in [2.45, 2.75) is 31.8 Å². The zero-order chi connectivity index (χ0) is 11.5. The molecule has 0 atom stereocenters. The number of hydrogen-bond donors (Lipinski definition) is 1. The molecule has 0 amide bonds. The van der Waals surface area contributed by atoms with Crippen LogP contribution in [0.3, 0.4) is 0 Å². The SMILES string of the molecule is c1ccc(C2CC2)c(CNCc2ccsc2)c1. The van der Waals surface area contributed by atoms with Gasteiger partial charge >= 0.3 is 0 Å². The minimum Gasteiger partial charge on any atom is -0.309 e. The molecule has 3 rings (SSSR count). The van der Waals surface area contributed by atoms with Gasteiger partial charge in [0.25, 0.3) is 0 Å². The summed E-state index contributed by atoms with van der Waals surface area (Å²) in [5, 5.41) is 7.88. The first-order chi connectivity index (χ1) is 8.43. The summed E-state index contributed by atoms with van der Waals surface area (Å²) in [6, 6.07) is 11.0. The van der Waals surface area contributed by atoms with E-state index in [0.717, 1.165) is 19.0 Å². The van der Waals surface area contributed by atoms with Gasteiger partial charge in [-0.2, -0.15) is 11.3 Å². The second-order valence-electron chi connectivity index (χ2n) is 4.71. The third kappa shape index (κ3) is 2.76. The molecule has 17 heavy (non-hydrogen) atoms. The van der Waals surface area contributed by atoms with Crippen LogP contribution in [0.2, 0.25) is 0 Å². The van der Waals surface area contributed by atoms with Crippen molar-refractivity contribution in [2.75, 3.05) is 0 Å². The third-order valence-electron chi connectivity index (χ3n) is 3.30. The Labute approximate surface area is 106 Å². The summed E-state index contributed by atoms with van der Waals surface area (Å²) < 4.78 is 0. The van der Waals surface area contributed by atoms with Crippen LogP contribution >= 0.6 is 11.3 Å². The summed E-state index contributed by atoms with van der Waals surface area (Å²) in [4.78, 5) is 0. The Morgan fingerprint density at radius 3 is 2.76 bits per heavy atom. The molecule has 1 N–H and O–H groups in total. The molecule has 2 aromatic rings. The Morgan fingerprint density at radius 1 is 1.12 bits per heavy atom. The van der Waals surface area contributed by atoms with Gasteiger partial charge in [0.05, 0.1) is 0 Å². The number of hydrogen-bond acceptors (Lipinski definition) is 2. The van der Waals surface area contributed by atoms with Crippen LogP contribution in [0.1, 0.15) is 35.4 Å². The molecule has 0 saturated heterocycles. The highest BCUT2D eigenvalue weighted by atomic mass is 32.1. The maximum absolute atomic E-state index is 3.53. The summed E-state index contributed by atoms with van der Waals surface area (Å²) in [5.74, 6) is 0.842. The van der Waals surface area contributed by atoms with Crippen molar-refractivity contribution >= 4 is 11.3 Å². The lowest BCUT2D eigenvalue weighted by Crippen LogP contribution is -2.13. The number of benzene rings is 1. The predicted octanol–water partition coefficient (Wildman–Crippen LogP) is 3.92. The third-order valence-corrected chi connectivity index (χ3v) is 4.03. The van der Waals surface area contributed by atoms with E-state index >= 15 is 0 Å². The minimum atomic E-state index is 0.842. The second kappa shape index (κ2) is 5.03. The Bertz CT molecular complexity index is 471. The van der Waals surface area contributed by atoms with Crippen LogP contribution < -0.4 is 5.32 Å². The van der Waals surface area contributed by atoms with E-state index in [4.69, 9.17) is 0 Å². The molecule has 0 radical (unpaired) electrons. The fraction of sp³-hybridized carbons (Fsp3) is 0.333. The Morgan fingerprint density at radius 2 is 2.00 bits per heavy atom. The van der Waals surface area contributed by atoms with E-state index in [1.165, 1.54) is 24.0 Å².